The highest BCUT2D eigenvalue weighted by Crippen LogP contribution is 2.27. The number of nitrogens with zero attached hydrogens (tertiary/aromatic N) is 4. The lowest BCUT2D eigenvalue weighted by Gasteiger charge is -2.09. The van der Waals surface area contributed by atoms with Crippen molar-refractivity contribution in [3.63, 3.8) is 0 Å². The van der Waals surface area contributed by atoms with Gasteiger partial charge in [-0.05, 0) is 43.9 Å². The zero-order valence-electron chi connectivity index (χ0n) is 15.1. The van der Waals surface area contributed by atoms with Gasteiger partial charge in [0.1, 0.15) is 0 Å². The third kappa shape index (κ3) is 3.51. The minimum Gasteiger partial charge on any atom is -0.308 e. The quantitative estimate of drug-likeness (QED) is 0.541. The summed E-state index contributed by atoms with van der Waals surface area (Å²) in [6.07, 6.45) is 3.99. The monoisotopic (exact) mass is 342 g/mol. The van der Waals surface area contributed by atoms with E-state index in [1.54, 1.807) is 0 Å². The van der Waals surface area contributed by atoms with Gasteiger partial charge in [-0.25, -0.2) is 0 Å². The highest BCUT2D eigenvalue weighted by molar-refractivity contribution is 5.84. The van der Waals surface area contributed by atoms with E-state index < -0.39 is 0 Å². The number of aromatic nitrogens is 3. The Morgan fingerprint density at radius 3 is 2.62 bits per heavy atom. The number of likely N-dealkylation sites (N-methyl/N-ethyl adjacent to an activating group) is 1. The zero-order chi connectivity index (χ0) is 17.9. The number of benzene rings is 2. The van der Waals surface area contributed by atoms with Crippen LogP contribution in [0.1, 0.15) is 0 Å². The fourth-order valence-electron chi connectivity index (χ4n) is 3.03. The van der Waals surface area contributed by atoms with Gasteiger partial charge in [-0.15, -0.1) is 0 Å². The molecule has 0 radical (unpaired) electrons. The van der Waals surface area contributed by atoms with Gasteiger partial charge in [0.25, 0.3) is 0 Å². The molecule has 0 saturated heterocycles. The van der Waals surface area contributed by atoms with Crippen LogP contribution in [0, 0.1) is 0 Å². The lowest BCUT2D eigenvalue weighted by atomic mass is 10.0. The average molecular weight is 342 g/mol. The Kier molecular flexibility index (Phi) is 4.50. The topological polar surface area (TPSA) is 34.0 Å². The molecular formula is C22H22N4. The fraction of sp³-hybridized carbons (Fsp3) is 0.182. The lowest BCUT2D eigenvalue weighted by Crippen LogP contribution is -2.18. The number of fused-ring (bicyclic) bond motifs is 1. The molecular weight excluding hydrogens is 320 g/mol. The molecule has 0 N–H and O–H groups in total. The molecule has 0 amide bonds. The van der Waals surface area contributed by atoms with E-state index in [1.165, 1.54) is 0 Å². The Hall–Kier alpha value is -2.98. The van der Waals surface area contributed by atoms with Crippen molar-refractivity contribution in [1.82, 2.24) is 19.7 Å². The van der Waals surface area contributed by atoms with Crippen LogP contribution in [-0.2, 0) is 6.54 Å². The van der Waals surface area contributed by atoms with E-state index in [9.17, 15) is 0 Å². The maximum atomic E-state index is 4.71. The van der Waals surface area contributed by atoms with Crippen LogP contribution in [0.3, 0.4) is 0 Å². The normalized spacial score (nSPS) is 11.3. The molecule has 0 fully saturated rings. The zero-order valence-corrected chi connectivity index (χ0v) is 15.1. The van der Waals surface area contributed by atoms with Gasteiger partial charge in [0.15, 0.2) is 0 Å². The van der Waals surface area contributed by atoms with Gasteiger partial charge in [0.2, 0.25) is 0 Å². The molecule has 0 spiro atoms. The van der Waals surface area contributed by atoms with Gasteiger partial charge in [0.05, 0.1) is 17.8 Å². The molecule has 0 aliphatic carbocycles. The van der Waals surface area contributed by atoms with Crippen LogP contribution in [-0.4, -0.2) is 40.3 Å². The molecule has 0 unspecified atom stereocenters. The van der Waals surface area contributed by atoms with Crippen molar-refractivity contribution in [1.29, 1.82) is 0 Å². The van der Waals surface area contributed by atoms with Gasteiger partial charge in [0, 0.05) is 35.5 Å². The van der Waals surface area contributed by atoms with Crippen molar-refractivity contribution >= 4 is 10.9 Å². The molecule has 4 rings (SSSR count). The Balaban J connectivity index is 1.63. The molecule has 0 aliphatic rings. The molecule has 2 aromatic carbocycles. The largest absolute Gasteiger partial charge is 0.308 e. The van der Waals surface area contributed by atoms with E-state index in [0.29, 0.717) is 0 Å². The van der Waals surface area contributed by atoms with Crippen molar-refractivity contribution < 1.29 is 0 Å². The number of hydrogen-bond donors (Lipinski definition) is 0. The summed E-state index contributed by atoms with van der Waals surface area (Å²) < 4.78 is 2.00. The molecule has 0 aliphatic heterocycles. The molecule has 2 heterocycles. The standard InChI is InChI=1S/C22H22N4/c1-25(2)12-13-26-11-10-22(24-26)19-8-5-7-17(14-19)20-15-18-6-3-4-9-21(18)23-16-20/h3-11,14-16H,12-13H2,1-2H3. The first kappa shape index (κ1) is 16.5. The number of para-hydroxylation sites is 1. The predicted molar refractivity (Wildman–Crippen MR) is 107 cm³/mol. The number of pyridine rings is 1. The molecule has 26 heavy (non-hydrogen) atoms. The second-order valence-electron chi connectivity index (χ2n) is 6.76. The number of rotatable bonds is 5. The third-order valence-electron chi connectivity index (χ3n) is 4.50. The van der Waals surface area contributed by atoms with Gasteiger partial charge in [-0.3, -0.25) is 9.67 Å². The summed E-state index contributed by atoms with van der Waals surface area (Å²) in [5.41, 5.74) is 5.42. The summed E-state index contributed by atoms with van der Waals surface area (Å²) in [5, 5.41) is 5.87. The SMILES string of the molecule is CN(C)CCn1ccc(-c2cccc(-c3cnc4ccccc4c3)c2)n1. The van der Waals surface area contributed by atoms with Crippen molar-refractivity contribution in [2.45, 2.75) is 6.54 Å². The van der Waals surface area contributed by atoms with Crippen molar-refractivity contribution in [3.05, 3.63) is 73.1 Å². The second-order valence-corrected chi connectivity index (χ2v) is 6.76. The molecule has 130 valence electrons. The molecule has 0 saturated carbocycles. The summed E-state index contributed by atoms with van der Waals surface area (Å²) in [4.78, 5) is 6.74. The van der Waals surface area contributed by atoms with Crippen molar-refractivity contribution in [2.75, 3.05) is 20.6 Å². The highest BCUT2D eigenvalue weighted by atomic mass is 15.3. The maximum Gasteiger partial charge on any atom is 0.0923 e. The molecule has 4 nitrogen and oxygen atoms in total. The fourth-order valence-corrected chi connectivity index (χ4v) is 3.03. The smallest absolute Gasteiger partial charge is 0.0923 e. The van der Waals surface area contributed by atoms with Gasteiger partial charge in [-0.2, -0.15) is 5.10 Å². The number of hydrogen-bond acceptors (Lipinski definition) is 3. The molecule has 0 bridgehead atoms. The van der Waals surface area contributed by atoms with E-state index in [4.69, 9.17) is 5.10 Å². The van der Waals surface area contributed by atoms with E-state index in [-0.39, 0.29) is 0 Å². The molecule has 4 heteroatoms. The molecule has 2 aromatic heterocycles. The van der Waals surface area contributed by atoms with E-state index in [1.807, 2.05) is 35.3 Å². The van der Waals surface area contributed by atoms with Gasteiger partial charge >= 0.3 is 0 Å². The van der Waals surface area contributed by atoms with Crippen LogP contribution >= 0.6 is 0 Å². The van der Waals surface area contributed by atoms with E-state index in [2.05, 4.69) is 66.4 Å². The minimum absolute atomic E-state index is 0.890. The van der Waals surface area contributed by atoms with Crippen molar-refractivity contribution in [2.24, 2.45) is 0 Å². The Morgan fingerprint density at radius 2 is 1.73 bits per heavy atom. The average Bonchev–Trinajstić information content (AvgIpc) is 3.15. The molecule has 4 aromatic rings. The third-order valence-corrected chi connectivity index (χ3v) is 4.50. The maximum absolute atomic E-state index is 4.71. The van der Waals surface area contributed by atoms with Crippen LogP contribution in [0.2, 0.25) is 0 Å². The first-order valence-electron chi connectivity index (χ1n) is 8.83. The summed E-state index contributed by atoms with van der Waals surface area (Å²) in [7, 11) is 4.15. The Morgan fingerprint density at radius 1 is 0.885 bits per heavy atom. The minimum atomic E-state index is 0.890. The van der Waals surface area contributed by atoms with Crippen LogP contribution < -0.4 is 0 Å². The van der Waals surface area contributed by atoms with E-state index in [0.717, 1.165) is 46.4 Å². The van der Waals surface area contributed by atoms with Crippen LogP contribution in [0.5, 0.6) is 0 Å². The first-order chi connectivity index (χ1) is 12.7. The summed E-state index contributed by atoms with van der Waals surface area (Å²) in [5.74, 6) is 0. The highest BCUT2D eigenvalue weighted by Gasteiger charge is 2.06. The Labute approximate surface area is 153 Å². The second kappa shape index (κ2) is 7.10. The molecule has 0 atom stereocenters. The Bertz CT molecular complexity index is 1030. The lowest BCUT2D eigenvalue weighted by molar-refractivity contribution is 0.373. The van der Waals surface area contributed by atoms with Crippen molar-refractivity contribution in [3.8, 4) is 22.4 Å². The van der Waals surface area contributed by atoms with Crippen LogP contribution in [0.15, 0.2) is 73.1 Å². The summed E-state index contributed by atoms with van der Waals surface area (Å²) >= 11 is 0. The van der Waals surface area contributed by atoms with E-state index >= 15 is 0 Å². The van der Waals surface area contributed by atoms with Gasteiger partial charge < -0.3 is 4.90 Å². The predicted octanol–water partition coefficient (Wildman–Crippen LogP) is 4.33. The first-order valence-corrected chi connectivity index (χ1v) is 8.83. The van der Waals surface area contributed by atoms with Crippen LogP contribution in [0.4, 0.5) is 0 Å². The summed E-state index contributed by atoms with van der Waals surface area (Å²) in [6, 6.07) is 21.0. The summed E-state index contributed by atoms with van der Waals surface area (Å²) in [6.45, 7) is 1.87. The van der Waals surface area contributed by atoms with Gasteiger partial charge in [-0.1, -0.05) is 36.4 Å². The van der Waals surface area contributed by atoms with Crippen LogP contribution in [0.25, 0.3) is 33.3 Å².